The van der Waals surface area contributed by atoms with Crippen LogP contribution in [0.1, 0.15) is 77.7 Å². The fourth-order valence-electron chi connectivity index (χ4n) is 7.86. The predicted molar refractivity (Wildman–Crippen MR) is 148 cm³/mol. The number of hydrogen-bond donors (Lipinski definition) is 3. The molecule has 4 bridgehead atoms. The van der Waals surface area contributed by atoms with Gasteiger partial charge in [-0.1, -0.05) is 44.2 Å². The zero-order valence-electron chi connectivity index (χ0n) is 23.8. The highest BCUT2D eigenvalue weighted by molar-refractivity contribution is 5.93. The van der Waals surface area contributed by atoms with Crippen molar-refractivity contribution in [3.63, 3.8) is 0 Å². The summed E-state index contributed by atoms with van der Waals surface area (Å²) in [5.41, 5.74) is 0.920. The molecule has 8 nitrogen and oxygen atoms in total. The van der Waals surface area contributed by atoms with Crippen LogP contribution < -0.4 is 16.0 Å². The van der Waals surface area contributed by atoms with E-state index in [1.165, 1.54) is 33.3 Å². The molecule has 39 heavy (non-hydrogen) atoms. The molecule has 214 valence electrons. The smallest absolute Gasteiger partial charge is 0.328 e. The first-order valence-corrected chi connectivity index (χ1v) is 14.6. The monoisotopic (exact) mass is 539 g/mol. The largest absolute Gasteiger partial charge is 0.467 e. The minimum absolute atomic E-state index is 0.0196. The van der Waals surface area contributed by atoms with E-state index < -0.39 is 24.1 Å². The summed E-state index contributed by atoms with van der Waals surface area (Å²) in [6.45, 7) is 5.38. The Balaban J connectivity index is 1.55. The summed E-state index contributed by atoms with van der Waals surface area (Å²) in [5, 5.41) is 8.68. The average Bonchev–Trinajstić information content (AvgIpc) is 2.86. The molecule has 8 heteroatoms. The lowest BCUT2D eigenvalue weighted by Crippen LogP contribution is -2.58. The van der Waals surface area contributed by atoms with Crippen LogP contribution in [0.25, 0.3) is 0 Å². The van der Waals surface area contributed by atoms with Crippen LogP contribution in [0.4, 0.5) is 0 Å². The van der Waals surface area contributed by atoms with Crippen molar-refractivity contribution in [2.45, 2.75) is 96.7 Å². The molecule has 0 heterocycles. The fraction of sp³-hybridized carbons (Fsp3) is 0.677. The van der Waals surface area contributed by atoms with E-state index in [0.717, 1.165) is 24.8 Å². The van der Waals surface area contributed by atoms with Crippen LogP contribution in [-0.4, -0.2) is 48.9 Å². The summed E-state index contributed by atoms with van der Waals surface area (Å²) < 4.78 is 5.02. The molecule has 0 aromatic heterocycles. The normalized spacial score (nSPS) is 27.4. The van der Waals surface area contributed by atoms with Crippen molar-refractivity contribution in [1.29, 1.82) is 0 Å². The van der Waals surface area contributed by atoms with Gasteiger partial charge < -0.3 is 20.7 Å². The Hall–Kier alpha value is -2.90. The van der Waals surface area contributed by atoms with Gasteiger partial charge in [-0.05, 0) is 86.0 Å². The van der Waals surface area contributed by atoms with E-state index in [1.54, 1.807) is 0 Å². The zero-order chi connectivity index (χ0) is 28.2. The molecule has 3 N–H and O–H groups in total. The Morgan fingerprint density at radius 1 is 0.846 bits per heavy atom. The number of hydrogen-bond acceptors (Lipinski definition) is 5. The summed E-state index contributed by atoms with van der Waals surface area (Å²) in [4.78, 5) is 51.9. The molecule has 4 saturated carbocycles. The third-order valence-corrected chi connectivity index (χ3v) is 8.92. The van der Waals surface area contributed by atoms with E-state index in [0.29, 0.717) is 37.0 Å². The minimum Gasteiger partial charge on any atom is -0.467 e. The average molecular weight is 540 g/mol. The first kappa shape index (κ1) is 29.1. The second-order valence-corrected chi connectivity index (χ2v) is 12.8. The number of benzene rings is 1. The van der Waals surface area contributed by atoms with E-state index in [1.807, 2.05) is 44.2 Å². The maximum absolute atomic E-state index is 13.9. The van der Waals surface area contributed by atoms with E-state index in [9.17, 15) is 19.2 Å². The molecular formula is C31H45N3O5. The third-order valence-electron chi connectivity index (χ3n) is 8.92. The first-order chi connectivity index (χ1) is 18.6. The lowest BCUT2D eigenvalue weighted by molar-refractivity contribution is -0.145. The number of amides is 3. The molecule has 5 rings (SSSR count). The van der Waals surface area contributed by atoms with Gasteiger partial charge in [-0.25, -0.2) is 4.79 Å². The van der Waals surface area contributed by atoms with Crippen LogP contribution in [0.5, 0.6) is 0 Å². The number of esters is 1. The molecule has 0 saturated heterocycles. The quantitative estimate of drug-likeness (QED) is 0.352. The topological polar surface area (TPSA) is 114 Å². The minimum atomic E-state index is -0.873. The Labute approximate surface area is 232 Å². The van der Waals surface area contributed by atoms with Gasteiger partial charge in [0.1, 0.15) is 18.1 Å². The van der Waals surface area contributed by atoms with Gasteiger partial charge in [0, 0.05) is 13.3 Å². The summed E-state index contributed by atoms with van der Waals surface area (Å²) in [5.74, 6) is 0.726. The highest BCUT2D eigenvalue weighted by Crippen LogP contribution is 2.61. The standard InChI is InChI=1S/C31H45N3O5/c1-19(2)10-25(32-20(3)35)28(36)34-27(18-31-15-22-11-23(16-31)13-24(12-22)17-31)29(37)33-26(30(38)39-4)14-21-8-6-5-7-9-21/h5-9,19,22-27H,10-18H2,1-4H3,(H,32,35)(H,33,37)(H,34,36)/t22?,23?,24?,25-,26-,27?,31?/m0/s1. The van der Waals surface area contributed by atoms with Gasteiger partial charge in [0.05, 0.1) is 7.11 Å². The molecule has 1 aromatic rings. The number of ether oxygens (including phenoxy) is 1. The van der Waals surface area contributed by atoms with Gasteiger partial charge in [-0.15, -0.1) is 0 Å². The highest BCUT2D eigenvalue weighted by Gasteiger charge is 2.52. The number of carbonyl (C=O) groups is 4. The van der Waals surface area contributed by atoms with Gasteiger partial charge in [0.15, 0.2) is 0 Å². The SMILES string of the molecule is COC(=O)[C@H](Cc1ccccc1)NC(=O)C(CC12CC3CC(CC(C3)C1)C2)NC(=O)[C@H](CC(C)C)NC(C)=O. The fourth-order valence-corrected chi connectivity index (χ4v) is 7.86. The van der Waals surface area contributed by atoms with Crippen molar-refractivity contribution in [3.05, 3.63) is 35.9 Å². The van der Waals surface area contributed by atoms with Gasteiger partial charge in [-0.2, -0.15) is 0 Å². The molecule has 1 aromatic carbocycles. The van der Waals surface area contributed by atoms with Gasteiger partial charge in [-0.3, -0.25) is 14.4 Å². The summed E-state index contributed by atoms with van der Waals surface area (Å²) >= 11 is 0. The van der Waals surface area contributed by atoms with Gasteiger partial charge in [0.2, 0.25) is 17.7 Å². The molecule has 3 atom stereocenters. The van der Waals surface area contributed by atoms with Crippen molar-refractivity contribution in [2.24, 2.45) is 29.1 Å². The Kier molecular flexibility index (Phi) is 9.34. The van der Waals surface area contributed by atoms with Crippen molar-refractivity contribution in [1.82, 2.24) is 16.0 Å². The van der Waals surface area contributed by atoms with Crippen LogP contribution in [0.2, 0.25) is 0 Å². The van der Waals surface area contributed by atoms with Gasteiger partial charge >= 0.3 is 5.97 Å². The van der Waals surface area contributed by atoms with E-state index in [4.69, 9.17) is 4.74 Å². The molecule has 3 amide bonds. The lowest BCUT2D eigenvalue weighted by atomic mass is 9.48. The maximum atomic E-state index is 13.9. The van der Waals surface area contributed by atoms with Crippen molar-refractivity contribution >= 4 is 23.7 Å². The molecular weight excluding hydrogens is 494 g/mol. The molecule has 4 aliphatic rings. The van der Waals surface area contributed by atoms with Crippen LogP contribution in [0.15, 0.2) is 30.3 Å². The first-order valence-electron chi connectivity index (χ1n) is 14.6. The molecule has 1 unspecified atom stereocenters. The molecule has 0 radical (unpaired) electrons. The Bertz CT molecular complexity index is 1000. The third kappa shape index (κ3) is 7.61. The molecule has 4 aliphatic carbocycles. The lowest BCUT2D eigenvalue weighted by Gasteiger charge is -2.57. The Morgan fingerprint density at radius 2 is 1.38 bits per heavy atom. The maximum Gasteiger partial charge on any atom is 0.328 e. The predicted octanol–water partition coefficient (Wildman–Crippen LogP) is 3.53. The number of carbonyl (C=O) groups excluding carboxylic acids is 4. The number of methoxy groups -OCH3 is 1. The number of nitrogens with one attached hydrogen (secondary N) is 3. The van der Waals surface area contributed by atoms with Gasteiger partial charge in [0.25, 0.3) is 0 Å². The molecule has 4 fully saturated rings. The van der Waals surface area contributed by atoms with Crippen LogP contribution in [-0.2, 0) is 30.3 Å². The van der Waals surface area contributed by atoms with Crippen LogP contribution >= 0.6 is 0 Å². The second kappa shape index (κ2) is 12.5. The van der Waals surface area contributed by atoms with Crippen molar-refractivity contribution in [3.8, 4) is 0 Å². The number of rotatable bonds is 12. The van der Waals surface area contributed by atoms with E-state index in [2.05, 4.69) is 16.0 Å². The summed E-state index contributed by atoms with van der Waals surface area (Å²) in [6, 6.07) is 7.07. The zero-order valence-corrected chi connectivity index (χ0v) is 23.8. The summed E-state index contributed by atoms with van der Waals surface area (Å²) in [6.07, 6.45) is 8.41. The second-order valence-electron chi connectivity index (χ2n) is 12.8. The van der Waals surface area contributed by atoms with Crippen molar-refractivity contribution in [2.75, 3.05) is 7.11 Å². The van der Waals surface area contributed by atoms with Crippen molar-refractivity contribution < 1.29 is 23.9 Å². The molecule has 0 aliphatic heterocycles. The summed E-state index contributed by atoms with van der Waals surface area (Å²) in [7, 11) is 1.31. The molecule has 0 spiro atoms. The van der Waals surface area contributed by atoms with E-state index >= 15 is 0 Å². The van der Waals surface area contributed by atoms with Crippen LogP contribution in [0.3, 0.4) is 0 Å². The Morgan fingerprint density at radius 3 is 1.90 bits per heavy atom. The van der Waals surface area contributed by atoms with E-state index in [-0.39, 0.29) is 29.1 Å². The van der Waals surface area contributed by atoms with Crippen LogP contribution in [0, 0.1) is 29.1 Å². The highest BCUT2D eigenvalue weighted by atomic mass is 16.5.